The first-order valence-electron chi connectivity index (χ1n) is 11.3. The predicted molar refractivity (Wildman–Crippen MR) is 128 cm³/mol. The first kappa shape index (κ1) is 22.8. The van der Waals surface area contributed by atoms with Gasteiger partial charge in [-0.25, -0.2) is 4.39 Å². The number of nitrogens with one attached hydrogen (secondary N) is 2. The molecule has 5 rings (SSSR count). The molecule has 1 aromatic heterocycles. The number of halogens is 1. The molecular formula is C24H25FN6O4. The van der Waals surface area contributed by atoms with Gasteiger partial charge in [-0.1, -0.05) is 5.16 Å². The number of nitrogens with zero attached hydrogens (tertiary/aromatic N) is 4. The molecule has 2 aliphatic heterocycles. The second kappa shape index (κ2) is 10.1. The molecule has 2 N–H and O–H groups in total. The zero-order chi connectivity index (χ0) is 24.2. The van der Waals surface area contributed by atoms with Gasteiger partial charge in [-0.15, -0.1) is 0 Å². The van der Waals surface area contributed by atoms with Crippen LogP contribution < -0.4 is 20.7 Å². The first-order chi connectivity index (χ1) is 17.1. The molecule has 0 bridgehead atoms. The van der Waals surface area contributed by atoms with Gasteiger partial charge in [0.15, 0.2) is 5.82 Å². The number of fused-ring (bicyclic) bond motifs is 1. The minimum atomic E-state index is -0.391. The third kappa shape index (κ3) is 5.26. The lowest BCUT2D eigenvalue weighted by Crippen LogP contribution is -2.50. The summed E-state index contributed by atoms with van der Waals surface area (Å²) in [4.78, 5) is 29.4. The molecule has 2 aromatic carbocycles. The van der Waals surface area contributed by atoms with Gasteiger partial charge in [0.25, 0.3) is 5.91 Å². The summed E-state index contributed by atoms with van der Waals surface area (Å²) in [6.45, 7) is 4.31. The molecule has 35 heavy (non-hydrogen) atoms. The van der Waals surface area contributed by atoms with E-state index in [1.54, 1.807) is 46.3 Å². The van der Waals surface area contributed by atoms with Gasteiger partial charge < -0.3 is 19.5 Å². The number of amides is 2. The number of carbonyl (C=O) groups excluding carboxylic acids is 2. The van der Waals surface area contributed by atoms with Crippen molar-refractivity contribution in [1.82, 2.24) is 10.1 Å². The van der Waals surface area contributed by atoms with Crippen LogP contribution in [0.1, 0.15) is 10.4 Å². The van der Waals surface area contributed by atoms with Crippen molar-refractivity contribution < 1.29 is 23.2 Å². The summed E-state index contributed by atoms with van der Waals surface area (Å²) in [5.74, 6) is -0.492. The van der Waals surface area contributed by atoms with Crippen LogP contribution in [0.3, 0.4) is 0 Å². The van der Waals surface area contributed by atoms with Crippen molar-refractivity contribution in [3.63, 3.8) is 0 Å². The fourth-order valence-electron chi connectivity index (χ4n) is 4.11. The van der Waals surface area contributed by atoms with Gasteiger partial charge in [-0.3, -0.25) is 24.9 Å². The Morgan fingerprint density at radius 1 is 1.03 bits per heavy atom. The molecule has 0 unspecified atom stereocenters. The van der Waals surface area contributed by atoms with E-state index in [0.717, 1.165) is 19.6 Å². The molecule has 1 fully saturated rings. The minimum absolute atomic E-state index is 0.0357. The Labute approximate surface area is 201 Å². The fraction of sp³-hybridized carbons (Fsp3) is 0.292. The SMILES string of the molecule is O=C(Nc1ccon1)c1ccc(NN2CC(=O)N(CCN3CCOCC3)c3ccc(F)cc32)cc1. The summed E-state index contributed by atoms with van der Waals surface area (Å²) in [6.07, 6.45) is 1.37. The molecule has 0 spiro atoms. The fourth-order valence-corrected chi connectivity index (χ4v) is 4.11. The van der Waals surface area contributed by atoms with Crippen molar-refractivity contribution >= 4 is 34.7 Å². The number of hydrazine groups is 1. The molecule has 2 aliphatic rings. The predicted octanol–water partition coefficient (Wildman–Crippen LogP) is 2.58. The van der Waals surface area contributed by atoms with E-state index in [0.29, 0.717) is 48.2 Å². The van der Waals surface area contributed by atoms with Crippen LogP contribution in [0.2, 0.25) is 0 Å². The maximum Gasteiger partial charge on any atom is 0.256 e. The second-order valence-electron chi connectivity index (χ2n) is 8.25. The van der Waals surface area contributed by atoms with E-state index in [4.69, 9.17) is 9.26 Å². The van der Waals surface area contributed by atoms with E-state index in [1.807, 2.05) is 0 Å². The molecule has 182 valence electrons. The number of rotatable bonds is 7. The lowest BCUT2D eigenvalue weighted by molar-refractivity contribution is -0.117. The van der Waals surface area contributed by atoms with Gasteiger partial charge in [0.2, 0.25) is 5.91 Å². The van der Waals surface area contributed by atoms with Gasteiger partial charge in [-0.05, 0) is 36.4 Å². The molecule has 0 saturated carbocycles. The van der Waals surface area contributed by atoms with Crippen LogP contribution in [0.4, 0.5) is 27.3 Å². The number of aromatic nitrogens is 1. The maximum atomic E-state index is 14.2. The van der Waals surface area contributed by atoms with Crippen LogP contribution in [-0.4, -0.2) is 67.8 Å². The summed E-state index contributed by atoms with van der Waals surface area (Å²) in [7, 11) is 0. The van der Waals surface area contributed by atoms with Crippen LogP contribution in [0.25, 0.3) is 0 Å². The number of ether oxygens (including phenoxy) is 1. The highest BCUT2D eigenvalue weighted by Crippen LogP contribution is 2.34. The standard InChI is InChI=1S/C24H25FN6O4/c25-18-3-6-20-21(15-18)31(16-23(32)30(20)9-8-29-10-13-34-14-11-29)27-19-4-1-17(2-5-19)24(33)26-22-7-12-35-28-22/h1-7,12,15,27H,8-11,13-14,16H2,(H,26,28,33). The number of benzene rings is 2. The third-order valence-corrected chi connectivity index (χ3v) is 5.95. The summed E-state index contributed by atoms with van der Waals surface area (Å²) in [5, 5.41) is 7.91. The maximum absolute atomic E-state index is 14.2. The highest BCUT2D eigenvalue weighted by atomic mass is 19.1. The average Bonchev–Trinajstić information content (AvgIpc) is 3.38. The Kier molecular flexibility index (Phi) is 6.59. The number of hydrogen-bond donors (Lipinski definition) is 2. The lowest BCUT2D eigenvalue weighted by atomic mass is 10.1. The van der Waals surface area contributed by atoms with E-state index < -0.39 is 5.82 Å². The largest absolute Gasteiger partial charge is 0.379 e. The zero-order valence-corrected chi connectivity index (χ0v) is 18.9. The van der Waals surface area contributed by atoms with Gasteiger partial charge >= 0.3 is 0 Å². The molecule has 0 aliphatic carbocycles. The summed E-state index contributed by atoms with van der Waals surface area (Å²) in [5.41, 5.74) is 5.45. The minimum Gasteiger partial charge on any atom is -0.379 e. The molecular weight excluding hydrogens is 455 g/mol. The molecule has 1 saturated heterocycles. The molecule has 0 atom stereocenters. The molecule has 11 heteroatoms. The van der Waals surface area contributed by atoms with E-state index in [-0.39, 0.29) is 18.4 Å². The molecule has 10 nitrogen and oxygen atoms in total. The monoisotopic (exact) mass is 480 g/mol. The Bertz CT molecular complexity index is 1180. The van der Waals surface area contributed by atoms with Gasteiger partial charge in [0, 0.05) is 43.9 Å². The molecule has 3 aromatic rings. The quantitative estimate of drug-likeness (QED) is 0.532. The van der Waals surface area contributed by atoms with Crippen molar-refractivity contribution in [1.29, 1.82) is 0 Å². The van der Waals surface area contributed by atoms with E-state index in [9.17, 15) is 14.0 Å². The normalized spacial score (nSPS) is 16.2. The number of carbonyl (C=O) groups is 2. The van der Waals surface area contributed by atoms with E-state index in [2.05, 4.69) is 20.8 Å². The van der Waals surface area contributed by atoms with E-state index >= 15 is 0 Å². The number of hydrogen-bond acceptors (Lipinski definition) is 8. The third-order valence-electron chi connectivity index (χ3n) is 5.95. The lowest BCUT2D eigenvalue weighted by Gasteiger charge is -2.38. The Hall–Kier alpha value is -3.96. The summed E-state index contributed by atoms with van der Waals surface area (Å²) >= 11 is 0. The number of morpholine rings is 1. The van der Waals surface area contributed by atoms with Crippen molar-refractivity contribution in [3.8, 4) is 0 Å². The van der Waals surface area contributed by atoms with Gasteiger partial charge in [0.05, 0.1) is 30.3 Å². The van der Waals surface area contributed by atoms with Crippen LogP contribution in [0.5, 0.6) is 0 Å². The van der Waals surface area contributed by atoms with Crippen molar-refractivity contribution in [2.75, 3.05) is 66.6 Å². The molecule has 0 radical (unpaired) electrons. The Morgan fingerprint density at radius 2 is 1.83 bits per heavy atom. The summed E-state index contributed by atoms with van der Waals surface area (Å²) in [6, 6.07) is 12.7. The van der Waals surface area contributed by atoms with Crippen LogP contribution in [0, 0.1) is 5.82 Å². The Morgan fingerprint density at radius 3 is 2.57 bits per heavy atom. The molecule has 3 heterocycles. The van der Waals surface area contributed by atoms with Crippen molar-refractivity contribution in [2.45, 2.75) is 0 Å². The van der Waals surface area contributed by atoms with Gasteiger partial charge in [-0.2, -0.15) is 0 Å². The summed E-state index contributed by atoms with van der Waals surface area (Å²) < 4.78 is 24.3. The number of anilines is 4. The smallest absolute Gasteiger partial charge is 0.256 e. The first-order valence-corrected chi connectivity index (χ1v) is 11.3. The van der Waals surface area contributed by atoms with Crippen LogP contribution in [0.15, 0.2) is 59.3 Å². The van der Waals surface area contributed by atoms with E-state index in [1.165, 1.54) is 18.4 Å². The Balaban J connectivity index is 1.29. The van der Waals surface area contributed by atoms with Crippen molar-refractivity contribution in [2.24, 2.45) is 0 Å². The van der Waals surface area contributed by atoms with Gasteiger partial charge in [0.1, 0.15) is 18.6 Å². The average molecular weight is 481 g/mol. The zero-order valence-electron chi connectivity index (χ0n) is 18.9. The highest BCUT2D eigenvalue weighted by molar-refractivity contribution is 6.04. The highest BCUT2D eigenvalue weighted by Gasteiger charge is 2.30. The van der Waals surface area contributed by atoms with Crippen LogP contribution in [-0.2, 0) is 9.53 Å². The second-order valence-corrected chi connectivity index (χ2v) is 8.25. The van der Waals surface area contributed by atoms with Crippen LogP contribution >= 0.6 is 0 Å². The topological polar surface area (TPSA) is 103 Å². The molecule has 2 amide bonds. The van der Waals surface area contributed by atoms with Crippen molar-refractivity contribution in [3.05, 3.63) is 66.2 Å².